The van der Waals surface area contributed by atoms with Gasteiger partial charge in [0.15, 0.2) is 5.11 Å². The van der Waals surface area contributed by atoms with E-state index >= 15 is 0 Å². The van der Waals surface area contributed by atoms with Crippen LogP contribution in [-0.2, 0) is 6.42 Å². The van der Waals surface area contributed by atoms with Gasteiger partial charge in [0.05, 0.1) is 0 Å². The first-order valence-corrected chi connectivity index (χ1v) is 9.69. The van der Waals surface area contributed by atoms with E-state index in [1.807, 2.05) is 0 Å². The molecular formula is C20H28N2S. The normalized spacial score (nSPS) is 34.4. The van der Waals surface area contributed by atoms with Gasteiger partial charge in [-0.3, -0.25) is 0 Å². The third-order valence-corrected chi connectivity index (χ3v) is 6.66. The van der Waals surface area contributed by atoms with Crippen LogP contribution >= 0.6 is 12.2 Å². The van der Waals surface area contributed by atoms with Gasteiger partial charge in [0, 0.05) is 12.2 Å². The third-order valence-electron chi connectivity index (χ3n) is 6.41. The minimum absolute atomic E-state index is 0.534. The van der Waals surface area contributed by atoms with E-state index in [9.17, 15) is 0 Å². The first-order chi connectivity index (χ1) is 11.1. The molecule has 4 fully saturated rings. The highest BCUT2D eigenvalue weighted by atomic mass is 32.1. The lowest BCUT2D eigenvalue weighted by atomic mass is 9.49. The summed E-state index contributed by atoms with van der Waals surface area (Å²) >= 11 is 5.53. The summed E-state index contributed by atoms with van der Waals surface area (Å²) in [6, 6.07) is 8.59. The first kappa shape index (κ1) is 15.4. The molecule has 2 nitrogen and oxygen atoms in total. The van der Waals surface area contributed by atoms with Gasteiger partial charge in [-0.15, -0.1) is 0 Å². The Bertz CT molecular complexity index is 543. The van der Waals surface area contributed by atoms with Crippen molar-refractivity contribution >= 4 is 23.0 Å². The Morgan fingerprint density at radius 1 is 1.04 bits per heavy atom. The molecule has 0 unspecified atom stereocenters. The van der Waals surface area contributed by atoms with E-state index in [-0.39, 0.29) is 0 Å². The number of thiocarbonyl (C=S) groups is 1. The molecule has 0 amide bonds. The molecule has 4 bridgehead atoms. The van der Waals surface area contributed by atoms with Crippen LogP contribution in [0, 0.1) is 23.2 Å². The van der Waals surface area contributed by atoms with Crippen LogP contribution in [0.3, 0.4) is 0 Å². The Morgan fingerprint density at radius 2 is 1.61 bits per heavy atom. The van der Waals surface area contributed by atoms with Gasteiger partial charge in [-0.05, 0) is 98.0 Å². The van der Waals surface area contributed by atoms with Gasteiger partial charge >= 0.3 is 0 Å². The molecule has 1 aromatic rings. The molecule has 0 saturated heterocycles. The fourth-order valence-corrected chi connectivity index (χ4v) is 5.96. The Morgan fingerprint density at radius 3 is 2.13 bits per heavy atom. The fraction of sp³-hybridized carbons (Fsp3) is 0.650. The van der Waals surface area contributed by atoms with Crippen molar-refractivity contribution in [3.05, 3.63) is 29.8 Å². The van der Waals surface area contributed by atoms with Crippen LogP contribution in [-0.4, -0.2) is 11.7 Å². The lowest BCUT2D eigenvalue weighted by Gasteiger charge is -2.57. The maximum absolute atomic E-state index is 5.53. The van der Waals surface area contributed by atoms with E-state index in [4.69, 9.17) is 12.2 Å². The highest BCUT2D eigenvalue weighted by Crippen LogP contribution is 2.59. The highest BCUT2D eigenvalue weighted by Gasteiger charge is 2.50. The molecule has 4 aliphatic rings. The molecule has 0 heterocycles. The summed E-state index contributed by atoms with van der Waals surface area (Å²) in [6.45, 7) is 3.25. The second-order valence-electron chi connectivity index (χ2n) is 8.28. The van der Waals surface area contributed by atoms with Gasteiger partial charge in [0.25, 0.3) is 0 Å². The Hall–Kier alpha value is -1.09. The van der Waals surface area contributed by atoms with Crippen molar-refractivity contribution in [1.82, 2.24) is 5.32 Å². The SMILES string of the molecule is CCc1ccc(NC(=S)NCC23CC4CC(CC(C4)C2)C3)cc1. The minimum atomic E-state index is 0.534. The van der Waals surface area contributed by atoms with Gasteiger partial charge in [-0.2, -0.15) is 0 Å². The van der Waals surface area contributed by atoms with Crippen LogP contribution in [0.4, 0.5) is 5.69 Å². The predicted molar refractivity (Wildman–Crippen MR) is 101 cm³/mol. The highest BCUT2D eigenvalue weighted by molar-refractivity contribution is 7.80. The van der Waals surface area contributed by atoms with Crippen molar-refractivity contribution in [2.24, 2.45) is 23.2 Å². The lowest BCUT2D eigenvalue weighted by molar-refractivity contribution is -0.0490. The third kappa shape index (κ3) is 3.26. The smallest absolute Gasteiger partial charge is 0.170 e. The summed E-state index contributed by atoms with van der Waals surface area (Å²) < 4.78 is 0. The molecule has 0 aliphatic heterocycles. The number of nitrogens with one attached hydrogen (secondary N) is 2. The summed E-state index contributed by atoms with van der Waals surface area (Å²) in [5.41, 5.74) is 2.99. The van der Waals surface area contributed by atoms with E-state index in [1.54, 1.807) is 0 Å². The van der Waals surface area contributed by atoms with Crippen molar-refractivity contribution in [1.29, 1.82) is 0 Å². The molecule has 0 atom stereocenters. The Kier molecular flexibility index (Phi) is 4.08. The van der Waals surface area contributed by atoms with E-state index in [0.717, 1.165) is 41.5 Å². The zero-order valence-electron chi connectivity index (χ0n) is 14.1. The number of hydrogen-bond donors (Lipinski definition) is 2. The van der Waals surface area contributed by atoms with E-state index < -0.39 is 0 Å². The molecule has 5 rings (SSSR count). The number of aryl methyl sites for hydroxylation is 1. The summed E-state index contributed by atoms with van der Waals surface area (Å²) in [5.74, 6) is 3.02. The van der Waals surface area contributed by atoms with E-state index in [1.165, 1.54) is 44.1 Å². The van der Waals surface area contributed by atoms with Gasteiger partial charge in [0.2, 0.25) is 0 Å². The topological polar surface area (TPSA) is 24.1 Å². The molecule has 124 valence electrons. The molecule has 23 heavy (non-hydrogen) atoms. The average Bonchev–Trinajstić information content (AvgIpc) is 2.53. The number of rotatable bonds is 4. The molecule has 0 radical (unpaired) electrons. The Balaban J connectivity index is 1.32. The van der Waals surface area contributed by atoms with Crippen LogP contribution < -0.4 is 10.6 Å². The summed E-state index contributed by atoms with van der Waals surface area (Å²) in [4.78, 5) is 0. The molecule has 1 aromatic carbocycles. The van der Waals surface area contributed by atoms with Gasteiger partial charge in [0.1, 0.15) is 0 Å². The van der Waals surface area contributed by atoms with Crippen molar-refractivity contribution < 1.29 is 0 Å². The standard InChI is InChI=1S/C20H28N2S/c1-2-14-3-5-18(6-4-14)22-19(23)21-13-20-10-15-7-16(11-20)9-17(8-15)12-20/h3-6,15-17H,2,7-13H2,1H3,(H2,21,22,23). The van der Waals surface area contributed by atoms with Crippen molar-refractivity contribution in [3.63, 3.8) is 0 Å². The van der Waals surface area contributed by atoms with Crippen LogP contribution in [0.2, 0.25) is 0 Å². The maximum Gasteiger partial charge on any atom is 0.170 e. The van der Waals surface area contributed by atoms with Crippen LogP contribution in [0.25, 0.3) is 0 Å². The van der Waals surface area contributed by atoms with E-state index in [0.29, 0.717) is 5.41 Å². The second-order valence-corrected chi connectivity index (χ2v) is 8.68. The van der Waals surface area contributed by atoms with Crippen molar-refractivity contribution in [2.75, 3.05) is 11.9 Å². The number of benzene rings is 1. The number of hydrogen-bond acceptors (Lipinski definition) is 1. The second kappa shape index (κ2) is 6.08. The molecule has 2 N–H and O–H groups in total. The molecule has 0 spiro atoms. The number of anilines is 1. The summed E-state index contributed by atoms with van der Waals surface area (Å²) in [5, 5.41) is 7.67. The molecule has 3 heteroatoms. The van der Waals surface area contributed by atoms with E-state index in [2.05, 4.69) is 41.8 Å². The Labute approximate surface area is 145 Å². The zero-order chi connectivity index (χ0) is 15.9. The van der Waals surface area contributed by atoms with Gasteiger partial charge < -0.3 is 10.6 Å². The van der Waals surface area contributed by atoms with Gasteiger partial charge in [-0.25, -0.2) is 0 Å². The molecule has 4 aliphatic carbocycles. The average molecular weight is 329 g/mol. The maximum atomic E-state index is 5.53. The minimum Gasteiger partial charge on any atom is -0.362 e. The quantitative estimate of drug-likeness (QED) is 0.780. The van der Waals surface area contributed by atoms with Crippen LogP contribution in [0.15, 0.2) is 24.3 Å². The first-order valence-electron chi connectivity index (χ1n) is 9.28. The predicted octanol–water partition coefficient (Wildman–Crippen LogP) is 4.75. The van der Waals surface area contributed by atoms with Crippen molar-refractivity contribution in [2.45, 2.75) is 51.9 Å². The molecular weight excluding hydrogens is 300 g/mol. The largest absolute Gasteiger partial charge is 0.362 e. The summed E-state index contributed by atoms with van der Waals surface area (Å²) in [7, 11) is 0. The van der Waals surface area contributed by atoms with Crippen molar-refractivity contribution in [3.8, 4) is 0 Å². The van der Waals surface area contributed by atoms with Crippen LogP contribution in [0.5, 0.6) is 0 Å². The molecule has 0 aromatic heterocycles. The van der Waals surface area contributed by atoms with Gasteiger partial charge in [-0.1, -0.05) is 19.1 Å². The molecule has 4 saturated carbocycles. The summed E-state index contributed by atoms with van der Waals surface area (Å²) in [6.07, 6.45) is 9.89. The zero-order valence-corrected chi connectivity index (χ0v) is 14.9. The van der Waals surface area contributed by atoms with Crippen LogP contribution in [0.1, 0.15) is 51.0 Å². The fourth-order valence-electron chi connectivity index (χ4n) is 5.77. The lowest BCUT2D eigenvalue weighted by Crippen LogP contribution is -2.51. The monoisotopic (exact) mass is 328 g/mol.